The maximum absolute atomic E-state index is 3.57. The van der Waals surface area contributed by atoms with Crippen molar-refractivity contribution in [2.75, 3.05) is 5.32 Å². The second-order valence-electron chi connectivity index (χ2n) is 5.28. The van der Waals surface area contributed by atoms with E-state index in [0.29, 0.717) is 6.04 Å². The fraction of sp³-hybridized carbons (Fsp3) is 0.158. The monoisotopic (exact) mass is 293 g/mol. The van der Waals surface area contributed by atoms with Gasteiger partial charge >= 0.3 is 0 Å². The third kappa shape index (κ3) is 3.17. The van der Waals surface area contributed by atoms with Crippen molar-refractivity contribution in [2.45, 2.75) is 19.9 Å². The Morgan fingerprint density at radius 2 is 1.52 bits per heavy atom. The highest BCUT2D eigenvalue weighted by atomic mass is 32.1. The Hall–Kier alpha value is -2.06. The molecule has 0 aliphatic rings. The summed E-state index contributed by atoms with van der Waals surface area (Å²) in [5.74, 6) is 0. The summed E-state index contributed by atoms with van der Waals surface area (Å²) < 4.78 is 0. The van der Waals surface area contributed by atoms with Gasteiger partial charge in [-0.2, -0.15) is 0 Å². The van der Waals surface area contributed by atoms with Gasteiger partial charge in [-0.05, 0) is 54.1 Å². The van der Waals surface area contributed by atoms with Gasteiger partial charge in [0.25, 0.3) is 0 Å². The Kier molecular flexibility index (Phi) is 4.07. The quantitative estimate of drug-likeness (QED) is 0.631. The SMILES string of the molecule is Cc1ccsc1C(C)Nc1ccc(-c2ccccc2)cc1. The third-order valence-corrected chi connectivity index (χ3v) is 4.87. The van der Waals surface area contributed by atoms with Crippen LogP contribution in [0.2, 0.25) is 0 Å². The molecule has 0 saturated carbocycles. The minimum absolute atomic E-state index is 0.340. The minimum Gasteiger partial charge on any atom is -0.378 e. The topological polar surface area (TPSA) is 12.0 Å². The summed E-state index contributed by atoms with van der Waals surface area (Å²) in [6.07, 6.45) is 0. The van der Waals surface area contributed by atoms with Gasteiger partial charge in [0, 0.05) is 10.6 Å². The molecule has 0 bridgehead atoms. The van der Waals surface area contributed by atoms with Crippen molar-refractivity contribution < 1.29 is 0 Å². The molecule has 0 spiro atoms. The zero-order valence-corrected chi connectivity index (χ0v) is 13.2. The van der Waals surface area contributed by atoms with E-state index in [0.717, 1.165) is 5.69 Å². The number of thiophene rings is 1. The summed E-state index contributed by atoms with van der Waals surface area (Å²) in [7, 11) is 0. The Labute approximate surface area is 130 Å². The van der Waals surface area contributed by atoms with Crippen LogP contribution in [0.15, 0.2) is 66.0 Å². The lowest BCUT2D eigenvalue weighted by Crippen LogP contribution is -2.05. The van der Waals surface area contributed by atoms with E-state index in [2.05, 4.69) is 79.1 Å². The van der Waals surface area contributed by atoms with E-state index in [1.807, 2.05) is 17.4 Å². The van der Waals surface area contributed by atoms with Crippen LogP contribution in [0.5, 0.6) is 0 Å². The zero-order chi connectivity index (χ0) is 14.7. The van der Waals surface area contributed by atoms with Gasteiger partial charge in [0.1, 0.15) is 0 Å². The average Bonchev–Trinajstić information content (AvgIpc) is 2.95. The van der Waals surface area contributed by atoms with Crippen LogP contribution in [0.4, 0.5) is 5.69 Å². The highest BCUT2D eigenvalue weighted by molar-refractivity contribution is 7.10. The maximum Gasteiger partial charge on any atom is 0.0581 e. The Morgan fingerprint density at radius 1 is 0.857 bits per heavy atom. The van der Waals surface area contributed by atoms with Crippen molar-refractivity contribution in [3.8, 4) is 11.1 Å². The van der Waals surface area contributed by atoms with Crippen molar-refractivity contribution in [3.63, 3.8) is 0 Å². The lowest BCUT2D eigenvalue weighted by molar-refractivity contribution is 0.899. The molecule has 106 valence electrons. The number of hydrogen-bond acceptors (Lipinski definition) is 2. The van der Waals surface area contributed by atoms with Gasteiger partial charge < -0.3 is 5.32 Å². The fourth-order valence-corrected chi connectivity index (χ4v) is 3.47. The van der Waals surface area contributed by atoms with Gasteiger partial charge in [0.05, 0.1) is 6.04 Å². The molecule has 1 heterocycles. The Balaban J connectivity index is 1.75. The smallest absolute Gasteiger partial charge is 0.0581 e. The van der Waals surface area contributed by atoms with Crippen LogP contribution >= 0.6 is 11.3 Å². The number of anilines is 1. The predicted molar refractivity (Wildman–Crippen MR) is 93.0 cm³/mol. The molecule has 2 aromatic carbocycles. The van der Waals surface area contributed by atoms with Crippen molar-refractivity contribution in [2.24, 2.45) is 0 Å². The molecule has 1 aromatic heterocycles. The first-order valence-electron chi connectivity index (χ1n) is 7.20. The van der Waals surface area contributed by atoms with Crippen LogP contribution in [0.1, 0.15) is 23.4 Å². The number of hydrogen-bond donors (Lipinski definition) is 1. The van der Waals surface area contributed by atoms with Gasteiger partial charge in [-0.1, -0.05) is 42.5 Å². The predicted octanol–water partition coefficient (Wildman–Crippen LogP) is 5.90. The molecule has 1 atom stereocenters. The first kappa shape index (κ1) is 13.9. The first-order valence-corrected chi connectivity index (χ1v) is 8.08. The second-order valence-corrected chi connectivity index (χ2v) is 6.22. The van der Waals surface area contributed by atoms with Crippen molar-refractivity contribution in [1.29, 1.82) is 0 Å². The third-order valence-electron chi connectivity index (χ3n) is 3.67. The average molecular weight is 293 g/mol. The summed E-state index contributed by atoms with van der Waals surface area (Å²) in [4.78, 5) is 1.40. The highest BCUT2D eigenvalue weighted by Gasteiger charge is 2.09. The zero-order valence-electron chi connectivity index (χ0n) is 12.3. The van der Waals surface area contributed by atoms with Gasteiger partial charge in [-0.15, -0.1) is 11.3 Å². The molecule has 3 rings (SSSR count). The second kappa shape index (κ2) is 6.15. The van der Waals surface area contributed by atoms with Crippen LogP contribution in [0.25, 0.3) is 11.1 Å². The van der Waals surface area contributed by atoms with Crippen molar-refractivity contribution in [3.05, 3.63) is 76.5 Å². The summed E-state index contributed by atoms with van der Waals surface area (Å²) in [5.41, 5.74) is 5.03. The molecule has 0 aliphatic heterocycles. The number of benzene rings is 2. The molecule has 0 aliphatic carbocycles. The summed E-state index contributed by atoms with van der Waals surface area (Å²) in [6.45, 7) is 4.38. The number of rotatable bonds is 4. The van der Waals surface area contributed by atoms with E-state index in [1.165, 1.54) is 21.6 Å². The normalized spacial score (nSPS) is 12.1. The number of nitrogens with one attached hydrogen (secondary N) is 1. The maximum atomic E-state index is 3.57. The summed E-state index contributed by atoms with van der Waals surface area (Å²) in [6, 6.07) is 21.6. The molecule has 3 aromatic rings. The molecule has 1 nitrogen and oxygen atoms in total. The minimum atomic E-state index is 0.340. The molecule has 0 fully saturated rings. The first-order chi connectivity index (χ1) is 10.2. The van der Waals surface area contributed by atoms with Crippen molar-refractivity contribution in [1.82, 2.24) is 0 Å². The summed E-state index contributed by atoms with van der Waals surface area (Å²) in [5, 5.41) is 5.73. The van der Waals surface area contributed by atoms with Gasteiger partial charge in [-0.25, -0.2) is 0 Å². The lowest BCUT2D eigenvalue weighted by Gasteiger charge is -2.15. The van der Waals surface area contributed by atoms with Crippen LogP contribution in [-0.2, 0) is 0 Å². The fourth-order valence-electron chi connectivity index (χ4n) is 2.53. The highest BCUT2D eigenvalue weighted by Crippen LogP contribution is 2.28. The molecule has 1 unspecified atom stereocenters. The van der Waals surface area contributed by atoms with E-state index in [-0.39, 0.29) is 0 Å². The Morgan fingerprint density at radius 3 is 2.14 bits per heavy atom. The lowest BCUT2D eigenvalue weighted by atomic mass is 10.1. The molecule has 21 heavy (non-hydrogen) atoms. The van der Waals surface area contributed by atoms with Crippen LogP contribution in [-0.4, -0.2) is 0 Å². The van der Waals surface area contributed by atoms with Crippen molar-refractivity contribution >= 4 is 17.0 Å². The standard InChI is InChI=1S/C19H19NS/c1-14-12-13-21-19(14)15(2)20-18-10-8-17(9-11-18)16-6-4-3-5-7-16/h3-13,15,20H,1-2H3. The Bertz CT molecular complexity index is 698. The largest absolute Gasteiger partial charge is 0.378 e. The van der Waals surface area contributed by atoms with E-state index in [1.54, 1.807) is 0 Å². The van der Waals surface area contributed by atoms with Gasteiger partial charge in [0.2, 0.25) is 0 Å². The molecular weight excluding hydrogens is 274 g/mol. The molecule has 0 saturated heterocycles. The van der Waals surface area contributed by atoms with Gasteiger partial charge in [-0.3, -0.25) is 0 Å². The summed E-state index contributed by atoms with van der Waals surface area (Å²) >= 11 is 1.81. The van der Waals surface area contributed by atoms with E-state index in [9.17, 15) is 0 Å². The molecule has 0 amide bonds. The molecule has 1 N–H and O–H groups in total. The van der Waals surface area contributed by atoms with Crippen LogP contribution in [0, 0.1) is 6.92 Å². The van der Waals surface area contributed by atoms with E-state index in [4.69, 9.17) is 0 Å². The van der Waals surface area contributed by atoms with Crippen LogP contribution in [0.3, 0.4) is 0 Å². The molecule has 0 radical (unpaired) electrons. The van der Waals surface area contributed by atoms with E-state index >= 15 is 0 Å². The number of aryl methyl sites for hydroxylation is 1. The molecular formula is C19H19NS. The van der Waals surface area contributed by atoms with Gasteiger partial charge in [0.15, 0.2) is 0 Å². The molecule has 2 heteroatoms. The van der Waals surface area contributed by atoms with Crippen LogP contribution < -0.4 is 5.32 Å². The van der Waals surface area contributed by atoms with E-state index < -0.39 is 0 Å².